The number of fused-ring (bicyclic) bond motifs is 2. The molecule has 1 saturated carbocycles. The van der Waals surface area contributed by atoms with E-state index in [1.54, 1.807) is 0 Å². The molecule has 2 aliphatic carbocycles. The standard InChI is InChI=1S/C17H19NO3/c1-10-3-4-13(5-11(10)2)18-17(20)15-7-12-6-14(15)16(8-12)21-9-19/h3-5,7,9,12,14,16H,6,8H2,1-2H3,(H,18,20). The Labute approximate surface area is 124 Å². The molecule has 0 aromatic heterocycles. The van der Waals surface area contributed by atoms with Gasteiger partial charge in [0.05, 0.1) is 0 Å². The molecule has 2 bridgehead atoms. The molecule has 2 aliphatic rings. The number of nitrogens with one attached hydrogen (secondary N) is 1. The first-order valence-electron chi connectivity index (χ1n) is 7.28. The Balaban J connectivity index is 1.73. The normalized spacial score (nSPS) is 26.4. The van der Waals surface area contributed by atoms with Crippen molar-refractivity contribution in [2.75, 3.05) is 5.32 Å². The zero-order valence-corrected chi connectivity index (χ0v) is 12.3. The molecule has 21 heavy (non-hydrogen) atoms. The smallest absolute Gasteiger partial charge is 0.293 e. The highest BCUT2D eigenvalue weighted by atomic mass is 16.5. The lowest BCUT2D eigenvalue weighted by atomic mass is 9.94. The van der Waals surface area contributed by atoms with Gasteiger partial charge >= 0.3 is 0 Å². The lowest BCUT2D eigenvalue weighted by molar-refractivity contribution is -0.135. The Bertz CT molecular complexity index is 620. The van der Waals surface area contributed by atoms with Crippen LogP contribution < -0.4 is 5.32 Å². The van der Waals surface area contributed by atoms with Gasteiger partial charge in [0.2, 0.25) is 0 Å². The first-order valence-corrected chi connectivity index (χ1v) is 7.28. The van der Waals surface area contributed by atoms with Crippen LogP contribution in [0.2, 0.25) is 0 Å². The summed E-state index contributed by atoms with van der Waals surface area (Å²) in [7, 11) is 0. The van der Waals surface area contributed by atoms with Gasteiger partial charge in [-0.2, -0.15) is 0 Å². The van der Waals surface area contributed by atoms with Gasteiger partial charge in [0.25, 0.3) is 12.4 Å². The van der Waals surface area contributed by atoms with Crippen LogP contribution in [0.5, 0.6) is 0 Å². The number of hydrogen-bond acceptors (Lipinski definition) is 3. The Hall–Kier alpha value is -2.10. The molecule has 0 saturated heterocycles. The topological polar surface area (TPSA) is 55.4 Å². The molecule has 1 aromatic rings. The van der Waals surface area contributed by atoms with Gasteiger partial charge in [-0.1, -0.05) is 12.1 Å². The maximum atomic E-state index is 12.4. The van der Waals surface area contributed by atoms with Crippen molar-refractivity contribution in [1.82, 2.24) is 0 Å². The van der Waals surface area contributed by atoms with E-state index in [9.17, 15) is 9.59 Å². The molecule has 3 unspecified atom stereocenters. The average Bonchev–Trinajstić information content (AvgIpc) is 3.03. The number of amides is 1. The molecule has 1 N–H and O–H groups in total. The van der Waals surface area contributed by atoms with E-state index in [0.717, 1.165) is 29.7 Å². The third-order valence-electron chi connectivity index (χ3n) is 4.61. The van der Waals surface area contributed by atoms with Crippen molar-refractivity contribution in [2.24, 2.45) is 11.8 Å². The van der Waals surface area contributed by atoms with Crippen LogP contribution in [-0.2, 0) is 14.3 Å². The van der Waals surface area contributed by atoms with Gasteiger partial charge in [0.1, 0.15) is 6.10 Å². The van der Waals surface area contributed by atoms with Gasteiger partial charge in [-0.3, -0.25) is 9.59 Å². The lowest BCUT2D eigenvalue weighted by Gasteiger charge is -2.21. The molecule has 1 fully saturated rings. The molecule has 0 radical (unpaired) electrons. The molecule has 4 nitrogen and oxygen atoms in total. The van der Waals surface area contributed by atoms with Gasteiger partial charge < -0.3 is 10.1 Å². The molecular formula is C17H19NO3. The van der Waals surface area contributed by atoms with Gasteiger partial charge in [-0.25, -0.2) is 0 Å². The molecule has 0 aliphatic heterocycles. The van der Waals surface area contributed by atoms with Crippen LogP contribution in [0.4, 0.5) is 5.69 Å². The molecule has 110 valence electrons. The van der Waals surface area contributed by atoms with Crippen molar-refractivity contribution in [2.45, 2.75) is 32.8 Å². The molecule has 3 rings (SSSR count). The van der Waals surface area contributed by atoms with Crippen molar-refractivity contribution in [3.63, 3.8) is 0 Å². The zero-order chi connectivity index (χ0) is 15.0. The van der Waals surface area contributed by atoms with Gasteiger partial charge in [-0.15, -0.1) is 0 Å². The summed E-state index contributed by atoms with van der Waals surface area (Å²) < 4.78 is 5.10. The number of carbonyl (C=O) groups is 2. The zero-order valence-electron chi connectivity index (χ0n) is 12.3. The number of carbonyl (C=O) groups excluding carboxylic acids is 2. The first-order chi connectivity index (χ1) is 10.1. The molecule has 0 spiro atoms. The predicted molar refractivity (Wildman–Crippen MR) is 79.8 cm³/mol. The molecule has 0 heterocycles. The summed E-state index contributed by atoms with van der Waals surface area (Å²) in [5, 5.41) is 2.95. The number of hydrogen-bond donors (Lipinski definition) is 1. The largest absolute Gasteiger partial charge is 0.464 e. The summed E-state index contributed by atoms with van der Waals surface area (Å²) in [5.41, 5.74) is 3.92. The third-order valence-corrected chi connectivity index (χ3v) is 4.61. The summed E-state index contributed by atoms with van der Waals surface area (Å²) in [4.78, 5) is 23.0. The fourth-order valence-electron chi connectivity index (χ4n) is 3.37. The monoisotopic (exact) mass is 285 g/mol. The summed E-state index contributed by atoms with van der Waals surface area (Å²) in [5.74, 6) is 0.331. The Morgan fingerprint density at radius 3 is 2.76 bits per heavy atom. The van der Waals surface area contributed by atoms with E-state index in [4.69, 9.17) is 4.74 Å². The van der Waals surface area contributed by atoms with Crippen molar-refractivity contribution >= 4 is 18.1 Å². The second-order valence-electron chi connectivity index (χ2n) is 5.98. The first kappa shape index (κ1) is 13.9. The number of anilines is 1. The minimum atomic E-state index is -0.141. The number of benzene rings is 1. The van der Waals surface area contributed by atoms with E-state index in [2.05, 4.69) is 5.32 Å². The summed E-state index contributed by atoms with van der Waals surface area (Å²) in [6, 6.07) is 5.88. The quantitative estimate of drug-likeness (QED) is 0.865. The van der Waals surface area contributed by atoms with Crippen molar-refractivity contribution < 1.29 is 14.3 Å². The molecular weight excluding hydrogens is 266 g/mol. The van der Waals surface area contributed by atoms with E-state index >= 15 is 0 Å². The van der Waals surface area contributed by atoms with Crippen LogP contribution in [-0.4, -0.2) is 18.5 Å². The SMILES string of the molecule is Cc1ccc(NC(=O)C2=CC3CC(OC=O)C2C3)cc1C. The maximum absolute atomic E-state index is 12.4. The lowest BCUT2D eigenvalue weighted by Crippen LogP contribution is -2.27. The highest BCUT2D eigenvalue weighted by molar-refractivity contribution is 6.04. The van der Waals surface area contributed by atoms with E-state index < -0.39 is 0 Å². The molecule has 3 atom stereocenters. The number of aryl methyl sites for hydroxylation is 2. The predicted octanol–water partition coefficient (Wildman–Crippen LogP) is 2.75. The van der Waals surface area contributed by atoms with Gasteiger partial charge in [0.15, 0.2) is 0 Å². The number of ether oxygens (including phenoxy) is 1. The van der Waals surface area contributed by atoms with Crippen molar-refractivity contribution in [1.29, 1.82) is 0 Å². The molecule has 1 amide bonds. The van der Waals surface area contributed by atoms with Crippen LogP contribution in [0, 0.1) is 25.7 Å². The Kier molecular flexibility index (Phi) is 3.53. The second-order valence-corrected chi connectivity index (χ2v) is 5.98. The van der Waals surface area contributed by atoms with E-state index in [1.165, 1.54) is 5.56 Å². The number of allylic oxidation sites excluding steroid dienone is 1. The maximum Gasteiger partial charge on any atom is 0.293 e. The van der Waals surface area contributed by atoms with Crippen molar-refractivity contribution in [3.8, 4) is 0 Å². The number of rotatable bonds is 4. The van der Waals surface area contributed by atoms with Gasteiger partial charge in [0, 0.05) is 17.2 Å². The van der Waals surface area contributed by atoms with E-state index in [0.29, 0.717) is 12.4 Å². The van der Waals surface area contributed by atoms with Crippen LogP contribution >= 0.6 is 0 Å². The highest BCUT2D eigenvalue weighted by Gasteiger charge is 2.44. The Morgan fingerprint density at radius 1 is 1.29 bits per heavy atom. The minimum Gasteiger partial charge on any atom is -0.464 e. The Morgan fingerprint density at radius 2 is 2.10 bits per heavy atom. The van der Waals surface area contributed by atoms with Crippen LogP contribution in [0.25, 0.3) is 0 Å². The summed E-state index contributed by atoms with van der Waals surface area (Å²) in [6.07, 6.45) is 3.64. The van der Waals surface area contributed by atoms with E-state index in [-0.39, 0.29) is 17.9 Å². The summed E-state index contributed by atoms with van der Waals surface area (Å²) >= 11 is 0. The summed E-state index contributed by atoms with van der Waals surface area (Å²) in [6.45, 7) is 4.56. The average molecular weight is 285 g/mol. The van der Waals surface area contributed by atoms with Crippen molar-refractivity contribution in [3.05, 3.63) is 41.0 Å². The van der Waals surface area contributed by atoms with Crippen LogP contribution in [0.3, 0.4) is 0 Å². The second kappa shape index (κ2) is 5.35. The third kappa shape index (κ3) is 2.58. The van der Waals surface area contributed by atoms with Gasteiger partial charge in [-0.05, 0) is 55.9 Å². The van der Waals surface area contributed by atoms with E-state index in [1.807, 2.05) is 38.1 Å². The van der Waals surface area contributed by atoms with Crippen LogP contribution in [0.15, 0.2) is 29.8 Å². The molecule has 4 heteroatoms. The minimum absolute atomic E-state index is 0.0479. The molecule has 1 aromatic carbocycles. The fraction of sp³-hybridized carbons (Fsp3) is 0.412. The highest BCUT2D eigenvalue weighted by Crippen LogP contribution is 2.45. The van der Waals surface area contributed by atoms with Crippen LogP contribution in [0.1, 0.15) is 24.0 Å². The fourth-order valence-corrected chi connectivity index (χ4v) is 3.37.